The minimum atomic E-state index is -0.0226. The molecular weight excluding hydrogens is 450 g/mol. The number of quaternary nitrogens is 1. The standard InChI is InChI=1S/C31H42NO4/c1-18-12-23-22(30(3,4)16-19(2)31(23,5)6)14-21(18)25(33)15-24-27-20(10-11-32(24,7)8)13-26-28(29(27)34-9)36-17-35-26/h12-14,19,24H,10-11,15-17H2,1-9H3/q+1/t19-,24+/m0/s1. The first kappa shape index (κ1) is 25.1. The first-order valence-electron chi connectivity index (χ1n) is 13.3. The monoisotopic (exact) mass is 492 g/mol. The molecule has 2 atom stereocenters. The number of Topliss-reactive ketones (excluding diaryl/α,β-unsaturated/α-hetero) is 1. The van der Waals surface area contributed by atoms with E-state index in [0.29, 0.717) is 18.1 Å². The van der Waals surface area contributed by atoms with E-state index in [1.54, 1.807) is 7.11 Å². The predicted molar refractivity (Wildman–Crippen MR) is 142 cm³/mol. The molecule has 3 aliphatic rings. The van der Waals surface area contributed by atoms with E-state index < -0.39 is 0 Å². The number of likely N-dealkylation sites (N-methyl/N-ethyl adjacent to an activating group) is 1. The van der Waals surface area contributed by atoms with E-state index >= 15 is 0 Å². The van der Waals surface area contributed by atoms with Crippen LogP contribution in [-0.2, 0) is 17.3 Å². The molecule has 0 spiro atoms. The molecule has 0 saturated carbocycles. The molecule has 0 radical (unpaired) electrons. The lowest BCUT2D eigenvalue weighted by atomic mass is 9.58. The third-order valence-electron chi connectivity index (χ3n) is 9.60. The molecular formula is C31H42NO4+. The van der Waals surface area contributed by atoms with Crippen LogP contribution in [0.25, 0.3) is 0 Å². The van der Waals surface area contributed by atoms with E-state index in [1.807, 2.05) is 0 Å². The molecule has 2 aliphatic heterocycles. The Morgan fingerprint density at radius 3 is 2.53 bits per heavy atom. The minimum Gasteiger partial charge on any atom is -0.492 e. The Kier molecular flexibility index (Phi) is 5.75. The second kappa shape index (κ2) is 8.24. The Balaban J connectivity index is 1.58. The van der Waals surface area contributed by atoms with Crippen LogP contribution in [-0.4, -0.2) is 44.8 Å². The summed E-state index contributed by atoms with van der Waals surface area (Å²) in [6, 6.07) is 6.59. The second-order valence-corrected chi connectivity index (χ2v) is 13.0. The van der Waals surface area contributed by atoms with Crippen molar-refractivity contribution in [2.24, 2.45) is 5.92 Å². The highest BCUT2D eigenvalue weighted by Crippen LogP contribution is 2.52. The number of methoxy groups -OCH3 is 1. The summed E-state index contributed by atoms with van der Waals surface area (Å²) in [4.78, 5) is 14.1. The van der Waals surface area contributed by atoms with Crippen LogP contribution in [0.1, 0.15) is 91.7 Å². The van der Waals surface area contributed by atoms with Crippen molar-refractivity contribution in [1.29, 1.82) is 0 Å². The summed E-state index contributed by atoms with van der Waals surface area (Å²) in [5.41, 5.74) is 7.10. The number of ketones is 1. The molecule has 5 nitrogen and oxygen atoms in total. The van der Waals surface area contributed by atoms with E-state index in [2.05, 4.69) is 73.8 Å². The average molecular weight is 493 g/mol. The molecule has 36 heavy (non-hydrogen) atoms. The topological polar surface area (TPSA) is 44.8 Å². The molecule has 2 aromatic rings. The Morgan fingerprint density at radius 2 is 1.83 bits per heavy atom. The number of nitrogens with zero attached hydrogens (tertiary/aromatic N) is 1. The number of hydrogen-bond donors (Lipinski definition) is 0. The molecule has 0 fully saturated rings. The second-order valence-electron chi connectivity index (χ2n) is 13.0. The van der Waals surface area contributed by atoms with Gasteiger partial charge in [-0.2, -0.15) is 0 Å². The lowest BCUT2D eigenvalue weighted by Gasteiger charge is -2.47. The van der Waals surface area contributed by atoms with Crippen molar-refractivity contribution < 1.29 is 23.5 Å². The highest BCUT2D eigenvalue weighted by molar-refractivity contribution is 5.98. The van der Waals surface area contributed by atoms with Gasteiger partial charge in [-0.3, -0.25) is 4.79 Å². The molecule has 2 aromatic carbocycles. The lowest BCUT2D eigenvalue weighted by Crippen LogP contribution is -2.48. The van der Waals surface area contributed by atoms with Crippen molar-refractivity contribution >= 4 is 5.78 Å². The van der Waals surface area contributed by atoms with Crippen molar-refractivity contribution in [3.63, 3.8) is 0 Å². The molecule has 0 unspecified atom stereocenters. The molecule has 2 heterocycles. The number of benzene rings is 2. The fourth-order valence-electron chi connectivity index (χ4n) is 6.90. The molecule has 0 aromatic heterocycles. The molecule has 5 heteroatoms. The fraction of sp³-hybridized carbons (Fsp3) is 0.581. The first-order chi connectivity index (χ1) is 16.8. The van der Waals surface area contributed by atoms with Gasteiger partial charge in [0.2, 0.25) is 12.5 Å². The smallest absolute Gasteiger partial charge is 0.231 e. The zero-order chi connectivity index (χ0) is 26.2. The van der Waals surface area contributed by atoms with Gasteiger partial charge in [0, 0.05) is 12.0 Å². The zero-order valence-electron chi connectivity index (χ0n) is 23.5. The predicted octanol–water partition coefficient (Wildman–Crippen LogP) is 6.27. The van der Waals surface area contributed by atoms with Gasteiger partial charge in [-0.05, 0) is 64.5 Å². The highest BCUT2D eigenvalue weighted by Gasteiger charge is 2.44. The largest absolute Gasteiger partial charge is 0.492 e. The van der Waals surface area contributed by atoms with Gasteiger partial charge in [-0.1, -0.05) is 40.7 Å². The van der Waals surface area contributed by atoms with Crippen LogP contribution in [0.2, 0.25) is 0 Å². The van der Waals surface area contributed by atoms with Crippen molar-refractivity contribution in [2.45, 2.75) is 77.7 Å². The van der Waals surface area contributed by atoms with Crippen molar-refractivity contribution in [3.05, 3.63) is 51.6 Å². The van der Waals surface area contributed by atoms with Crippen LogP contribution in [0, 0.1) is 12.8 Å². The van der Waals surface area contributed by atoms with E-state index in [1.165, 1.54) is 16.7 Å². The molecule has 0 N–H and O–H groups in total. The maximum Gasteiger partial charge on any atom is 0.231 e. The van der Waals surface area contributed by atoms with Gasteiger partial charge in [0.15, 0.2) is 17.3 Å². The SMILES string of the molecule is COc1c2c(cc3c1[C@@H](CC(=O)c1cc4c(cc1C)C(C)(C)[C@@H](C)CC4(C)C)[N+](C)(C)CC3)OCO2. The van der Waals surface area contributed by atoms with Crippen molar-refractivity contribution in [2.75, 3.05) is 34.5 Å². The van der Waals surface area contributed by atoms with Crippen molar-refractivity contribution in [3.8, 4) is 17.2 Å². The van der Waals surface area contributed by atoms with Crippen LogP contribution in [0.4, 0.5) is 0 Å². The fourth-order valence-corrected chi connectivity index (χ4v) is 6.90. The number of fused-ring (bicyclic) bond motifs is 3. The van der Waals surface area contributed by atoms with Gasteiger partial charge in [-0.15, -0.1) is 0 Å². The average Bonchev–Trinajstić information content (AvgIpc) is 3.26. The van der Waals surface area contributed by atoms with Gasteiger partial charge >= 0.3 is 0 Å². The normalized spacial score (nSPS) is 24.6. The Hall–Kier alpha value is -2.53. The third kappa shape index (κ3) is 3.73. The van der Waals surface area contributed by atoms with Gasteiger partial charge in [0.1, 0.15) is 6.04 Å². The Bertz CT molecular complexity index is 1240. The minimum absolute atomic E-state index is 0.0226. The van der Waals surface area contributed by atoms with Gasteiger partial charge < -0.3 is 18.7 Å². The first-order valence-corrected chi connectivity index (χ1v) is 13.3. The number of carbonyl (C=O) groups excluding carboxylic acids is 1. The number of rotatable bonds is 4. The lowest BCUT2D eigenvalue weighted by molar-refractivity contribution is -0.922. The number of ether oxygens (including phenoxy) is 3. The van der Waals surface area contributed by atoms with E-state index in [0.717, 1.165) is 52.1 Å². The summed E-state index contributed by atoms with van der Waals surface area (Å²) in [5, 5.41) is 0. The molecule has 194 valence electrons. The van der Waals surface area contributed by atoms with Crippen molar-refractivity contribution in [1.82, 2.24) is 0 Å². The molecule has 5 rings (SSSR count). The maximum absolute atomic E-state index is 14.1. The van der Waals surface area contributed by atoms with E-state index in [9.17, 15) is 4.79 Å². The highest BCUT2D eigenvalue weighted by atomic mass is 16.7. The van der Waals surface area contributed by atoms with E-state index in [-0.39, 0.29) is 29.4 Å². The van der Waals surface area contributed by atoms with Gasteiger partial charge in [0.25, 0.3) is 0 Å². The number of aryl methyl sites for hydroxylation is 1. The van der Waals surface area contributed by atoms with Crippen LogP contribution < -0.4 is 14.2 Å². The summed E-state index contributed by atoms with van der Waals surface area (Å²) in [6.45, 7) is 15.0. The molecule has 0 bridgehead atoms. The van der Waals surface area contributed by atoms with Crippen LogP contribution in [0.5, 0.6) is 17.2 Å². The van der Waals surface area contributed by atoms with Gasteiger partial charge in [0.05, 0.1) is 39.7 Å². The zero-order valence-corrected chi connectivity index (χ0v) is 23.5. The van der Waals surface area contributed by atoms with Crippen LogP contribution in [0.15, 0.2) is 18.2 Å². The quantitative estimate of drug-likeness (QED) is 0.373. The van der Waals surface area contributed by atoms with Crippen LogP contribution >= 0.6 is 0 Å². The van der Waals surface area contributed by atoms with Gasteiger partial charge in [-0.25, -0.2) is 0 Å². The summed E-state index contributed by atoms with van der Waals surface area (Å²) in [7, 11) is 6.12. The molecule has 0 amide bonds. The number of carbonyl (C=O) groups is 1. The Morgan fingerprint density at radius 1 is 1.11 bits per heavy atom. The van der Waals surface area contributed by atoms with Crippen LogP contribution in [0.3, 0.4) is 0 Å². The summed E-state index contributed by atoms with van der Waals surface area (Å²) in [5.74, 6) is 2.92. The number of hydrogen-bond acceptors (Lipinski definition) is 4. The summed E-state index contributed by atoms with van der Waals surface area (Å²) < 4.78 is 18.1. The molecule has 0 saturated heterocycles. The van der Waals surface area contributed by atoms with E-state index in [4.69, 9.17) is 14.2 Å². The molecule has 1 aliphatic carbocycles. The Labute approximate surface area is 216 Å². The third-order valence-corrected chi connectivity index (χ3v) is 9.60. The summed E-state index contributed by atoms with van der Waals surface area (Å²) >= 11 is 0. The summed E-state index contributed by atoms with van der Waals surface area (Å²) in [6.07, 6.45) is 2.46. The maximum atomic E-state index is 14.1.